The monoisotopic (exact) mass is 192 g/mol. The fourth-order valence-electron chi connectivity index (χ4n) is 1.15. The Hall–Kier alpha value is -1.42. The number of hydrazine groups is 1. The van der Waals surface area contributed by atoms with E-state index in [1.54, 1.807) is 6.20 Å². The molecule has 4 heteroatoms. The zero-order valence-electron chi connectivity index (χ0n) is 8.62. The average Bonchev–Trinajstić information content (AvgIpc) is 2.21. The number of aromatic nitrogens is 1. The molecule has 0 aromatic carbocycles. The number of nitrogens with zero attached hydrogens (tertiary/aromatic N) is 2. The molecule has 76 valence electrons. The Morgan fingerprint density at radius 3 is 3.00 bits per heavy atom. The molecule has 14 heavy (non-hydrogen) atoms. The van der Waals surface area contributed by atoms with Gasteiger partial charge in [-0.15, -0.1) is 0 Å². The van der Waals surface area contributed by atoms with Crippen LogP contribution < -0.4 is 11.3 Å². The van der Waals surface area contributed by atoms with Gasteiger partial charge in [-0.2, -0.15) is 0 Å². The average molecular weight is 192 g/mol. The van der Waals surface area contributed by atoms with Crippen molar-refractivity contribution in [1.82, 2.24) is 10.4 Å². The van der Waals surface area contributed by atoms with Crippen LogP contribution in [-0.2, 0) is 0 Å². The molecule has 3 N–H and O–H groups in total. The minimum absolute atomic E-state index is 0.657. The van der Waals surface area contributed by atoms with Crippen LogP contribution in [0.3, 0.4) is 0 Å². The number of amidine groups is 1. The molecule has 0 bridgehead atoms. The third-order valence-electron chi connectivity index (χ3n) is 1.86. The molecule has 0 aliphatic carbocycles. The van der Waals surface area contributed by atoms with Gasteiger partial charge in [-0.25, -0.2) is 5.84 Å². The largest absolute Gasteiger partial charge is 0.307 e. The van der Waals surface area contributed by atoms with Crippen LogP contribution in [0.1, 0.15) is 24.6 Å². The van der Waals surface area contributed by atoms with Crippen molar-refractivity contribution in [2.24, 2.45) is 10.8 Å². The lowest BCUT2D eigenvalue weighted by atomic mass is 10.2. The number of aryl methyl sites for hydroxylation is 1. The lowest BCUT2D eigenvalue weighted by Crippen LogP contribution is -2.32. The number of hydrogen-bond donors (Lipinski definition) is 2. The van der Waals surface area contributed by atoms with Crippen LogP contribution >= 0.6 is 0 Å². The minimum atomic E-state index is 0.657. The first kappa shape index (κ1) is 10.7. The number of pyridine rings is 1. The highest BCUT2D eigenvalue weighted by molar-refractivity contribution is 5.97. The first-order chi connectivity index (χ1) is 6.79. The summed E-state index contributed by atoms with van der Waals surface area (Å²) in [6, 6.07) is 3.88. The molecular weight excluding hydrogens is 176 g/mol. The third kappa shape index (κ3) is 2.53. The lowest BCUT2D eigenvalue weighted by molar-refractivity contribution is 0.902. The van der Waals surface area contributed by atoms with Crippen molar-refractivity contribution >= 4 is 5.84 Å². The van der Waals surface area contributed by atoms with Gasteiger partial charge in [-0.05, 0) is 25.0 Å². The predicted octanol–water partition coefficient (Wildman–Crippen LogP) is 1.01. The highest BCUT2D eigenvalue weighted by Crippen LogP contribution is 2.03. The zero-order valence-corrected chi connectivity index (χ0v) is 8.62. The van der Waals surface area contributed by atoms with E-state index in [1.165, 1.54) is 0 Å². The molecule has 0 aliphatic rings. The van der Waals surface area contributed by atoms with E-state index in [2.05, 4.69) is 22.3 Å². The second kappa shape index (κ2) is 5.34. The van der Waals surface area contributed by atoms with Gasteiger partial charge in [0.05, 0.1) is 0 Å². The van der Waals surface area contributed by atoms with Crippen LogP contribution in [0.15, 0.2) is 23.3 Å². The highest BCUT2D eigenvalue weighted by atomic mass is 15.3. The summed E-state index contributed by atoms with van der Waals surface area (Å²) in [7, 11) is 0. The second-order valence-electron chi connectivity index (χ2n) is 3.04. The van der Waals surface area contributed by atoms with Crippen LogP contribution in [0, 0.1) is 6.92 Å². The minimum Gasteiger partial charge on any atom is -0.307 e. The number of nitrogens with one attached hydrogen (secondary N) is 1. The summed E-state index contributed by atoms with van der Waals surface area (Å²) in [4.78, 5) is 8.54. The fraction of sp³-hybridized carbons (Fsp3) is 0.400. The zero-order chi connectivity index (χ0) is 10.4. The van der Waals surface area contributed by atoms with Crippen LogP contribution in [0.2, 0.25) is 0 Å². The molecular formula is C10H16N4. The van der Waals surface area contributed by atoms with Gasteiger partial charge in [0.2, 0.25) is 0 Å². The van der Waals surface area contributed by atoms with E-state index >= 15 is 0 Å². The summed E-state index contributed by atoms with van der Waals surface area (Å²) in [5.41, 5.74) is 4.47. The van der Waals surface area contributed by atoms with Gasteiger partial charge < -0.3 is 5.43 Å². The van der Waals surface area contributed by atoms with Crippen molar-refractivity contribution in [3.63, 3.8) is 0 Å². The van der Waals surface area contributed by atoms with Crippen molar-refractivity contribution in [2.75, 3.05) is 6.54 Å². The molecule has 0 amide bonds. The maximum atomic E-state index is 5.39. The number of rotatable bonds is 3. The second-order valence-corrected chi connectivity index (χ2v) is 3.04. The standard InChI is InChI=1S/C10H16N4/c1-3-6-13-10(14-11)9-8(2)5-4-7-12-9/h4-5,7H,3,6,11H2,1-2H3,(H,13,14). The SMILES string of the molecule is CCCN=C(NN)c1ncccc1C. The predicted molar refractivity (Wildman–Crippen MR) is 58.0 cm³/mol. The maximum absolute atomic E-state index is 5.39. The summed E-state index contributed by atoms with van der Waals surface area (Å²) >= 11 is 0. The summed E-state index contributed by atoms with van der Waals surface area (Å²) in [6.07, 6.45) is 2.73. The summed E-state index contributed by atoms with van der Waals surface area (Å²) in [5.74, 6) is 6.05. The molecule has 0 saturated carbocycles. The third-order valence-corrected chi connectivity index (χ3v) is 1.86. The lowest BCUT2D eigenvalue weighted by Gasteiger charge is -2.06. The van der Waals surface area contributed by atoms with Crippen LogP contribution in [-0.4, -0.2) is 17.4 Å². The molecule has 0 spiro atoms. The Labute approximate surface area is 84.2 Å². The van der Waals surface area contributed by atoms with Gasteiger partial charge in [0.15, 0.2) is 5.84 Å². The Morgan fingerprint density at radius 1 is 1.64 bits per heavy atom. The van der Waals surface area contributed by atoms with Crippen LogP contribution in [0.5, 0.6) is 0 Å². The molecule has 0 saturated heterocycles. The molecule has 0 aliphatic heterocycles. The van der Waals surface area contributed by atoms with Gasteiger partial charge in [0.25, 0.3) is 0 Å². The van der Waals surface area contributed by atoms with Crippen molar-refractivity contribution in [3.8, 4) is 0 Å². The summed E-state index contributed by atoms with van der Waals surface area (Å²) in [6.45, 7) is 4.82. The Morgan fingerprint density at radius 2 is 2.43 bits per heavy atom. The topological polar surface area (TPSA) is 63.3 Å². The van der Waals surface area contributed by atoms with Gasteiger partial charge in [0, 0.05) is 12.7 Å². The van der Waals surface area contributed by atoms with Crippen LogP contribution in [0.25, 0.3) is 0 Å². The van der Waals surface area contributed by atoms with Gasteiger partial charge in [-0.1, -0.05) is 13.0 Å². The molecule has 1 rings (SSSR count). The smallest absolute Gasteiger partial charge is 0.161 e. The van der Waals surface area contributed by atoms with E-state index in [0.29, 0.717) is 5.84 Å². The Balaban J connectivity index is 2.95. The number of hydrogen-bond acceptors (Lipinski definition) is 3. The molecule has 1 aromatic rings. The Kier molecular flexibility index (Phi) is 4.07. The van der Waals surface area contributed by atoms with Gasteiger partial charge >= 0.3 is 0 Å². The molecule has 0 unspecified atom stereocenters. The first-order valence-electron chi connectivity index (χ1n) is 4.72. The van der Waals surface area contributed by atoms with Crippen molar-refractivity contribution in [3.05, 3.63) is 29.6 Å². The van der Waals surface area contributed by atoms with E-state index in [0.717, 1.165) is 24.2 Å². The molecule has 0 radical (unpaired) electrons. The van der Waals surface area contributed by atoms with E-state index in [9.17, 15) is 0 Å². The van der Waals surface area contributed by atoms with E-state index < -0.39 is 0 Å². The van der Waals surface area contributed by atoms with Crippen molar-refractivity contribution in [1.29, 1.82) is 0 Å². The molecule has 1 aromatic heterocycles. The van der Waals surface area contributed by atoms with E-state index in [1.807, 2.05) is 19.1 Å². The van der Waals surface area contributed by atoms with Crippen LogP contribution in [0.4, 0.5) is 0 Å². The van der Waals surface area contributed by atoms with Crippen molar-refractivity contribution in [2.45, 2.75) is 20.3 Å². The van der Waals surface area contributed by atoms with E-state index in [4.69, 9.17) is 5.84 Å². The Bertz CT molecular complexity index is 320. The quantitative estimate of drug-likeness (QED) is 0.325. The number of nitrogens with two attached hydrogens (primary N) is 1. The molecule has 0 fully saturated rings. The van der Waals surface area contributed by atoms with Gasteiger partial charge in [0.1, 0.15) is 5.69 Å². The highest BCUT2D eigenvalue weighted by Gasteiger charge is 2.04. The maximum Gasteiger partial charge on any atom is 0.161 e. The summed E-state index contributed by atoms with van der Waals surface area (Å²) in [5, 5.41) is 0. The van der Waals surface area contributed by atoms with Gasteiger partial charge in [-0.3, -0.25) is 9.98 Å². The number of aliphatic imine (C=N–C) groups is 1. The van der Waals surface area contributed by atoms with Crippen molar-refractivity contribution < 1.29 is 0 Å². The normalized spacial score (nSPS) is 11.5. The summed E-state index contributed by atoms with van der Waals surface area (Å²) < 4.78 is 0. The molecule has 1 heterocycles. The fourth-order valence-corrected chi connectivity index (χ4v) is 1.15. The van der Waals surface area contributed by atoms with E-state index in [-0.39, 0.29) is 0 Å². The first-order valence-corrected chi connectivity index (χ1v) is 4.72. The molecule has 0 atom stereocenters. The molecule has 4 nitrogen and oxygen atoms in total.